The van der Waals surface area contributed by atoms with E-state index in [1.807, 2.05) is 18.2 Å². The third-order valence-corrected chi connectivity index (χ3v) is 6.02. The van der Waals surface area contributed by atoms with E-state index in [-0.39, 0.29) is 35.3 Å². The number of benzene rings is 1. The summed E-state index contributed by atoms with van der Waals surface area (Å²) >= 11 is 0. The van der Waals surface area contributed by atoms with Crippen LogP contribution in [0.2, 0.25) is 0 Å². The van der Waals surface area contributed by atoms with Gasteiger partial charge in [0.2, 0.25) is 11.8 Å². The molecule has 3 aromatic rings. The number of nitrogens with one attached hydrogen (secondary N) is 3. The van der Waals surface area contributed by atoms with Crippen LogP contribution < -0.4 is 20.7 Å². The molecule has 0 unspecified atom stereocenters. The topological polar surface area (TPSA) is 127 Å². The first-order valence-corrected chi connectivity index (χ1v) is 11.8. The molecule has 0 spiro atoms. The first-order valence-electron chi connectivity index (χ1n) is 11.8. The van der Waals surface area contributed by atoms with E-state index in [2.05, 4.69) is 35.6 Å². The Hall–Kier alpha value is -4.16. The summed E-state index contributed by atoms with van der Waals surface area (Å²) in [7, 11) is 0. The van der Waals surface area contributed by atoms with Gasteiger partial charge in [-0.1, -0.05) is 24.3 Å². The van der Waals surface area contributed by atoms with Gasteiger partial charge in [-0.05, 0) is 49.8 Å². The highest BCUT2D eigenvalue weighted by Crippen LogP contribution is 2.29. The van der Waals surface area contributed by atoms with E-state index < -0.39 is 11.3 Å². The van der Waals surface area contributed by atoms with Crippen molar-refractivity contribution in [3.63, 3.8) is 0 Å². The smallest absolute Gasteiger partial charge is 0.405 e. The monoisotopic (exact) mass is 517 g/mol. The molecule has 1 saturated carbocycles. The van der Waals surface area contributed by atoms with Crippen LogP contribution in [0, 0.1) is 16.0 Å². The normalized spacial score (nSPS) is 17.6. The highest BCUT2D eigenvalue weighted by atomic mass is 19.4. The third kappa shape index (κ3) is 7.66. The summed E-state index contributed by atoms with van der Waals surface area (Å²) in [6.07, 6.45) is 1.73. The minimum atomic E-state index is -4.83. The van der Waals surface area contributed by atoms with Crippen LogP contribution in [0.15, 0.2) is 54.9 Å². The average Bonchev–Trinajstić information content (AvgIpc) is 2.87. The molecule has 37 heavy (non-hydrogen) atoms. The second-order valence-corrected chi connectivity index (χ2v) is 8.65. The number of hydrogen-bond acceptors (Lipinski definition) is 9. The number of halogens is 3. The molecule has 0 aliphatic heterocycles. The molecule has 2 heterocycles. The molecule has 3 N–H and O–H groups in total. The molecule has 0 saturated heterocycles. The summed E-state index contributed by atoms with van der Waals surface area (Å²) in [5.74, 6) is 0.887. The number of rotatable bonds is 10. The van der Waals surface area contributed by atoms with E-state index in [1.54, 1.807) is 12.3 Å². The fourth-order valence-corrected chi connectivity index (χ4v) is 4.18. The summed E-state index contributed by atoms with van der Waals surface area (Å²) in [6.45, 7) is 0.423. The summed E-state index contributed by atoms with van der Waals surface area (Å²) < 4.78 is 42.1. The van der Waals surface area contributed by atoms with Crippen LogP contribution in [-0.2, 0) is 6.54 Å². The van der Waals surface area contributed by atoms with Crippen molar-refractivity contribution < 1.29 is 22.8 Å². The van der Waals surface area contributed by atoms with Crippen molar-refractivity contribution in [3.05, 3.63) is 70.5 Å². The largest absolute Gasteiger partial charge is 0.573 e. The first kappa shape index (κ1) is 25.9. The summed E-state index contributed by atoms with van der Waals surface area (Å²) in [6, 6.07) is 11.7. The van der Waals surface area contributed by atoms with E-state index in [4.69, 9.17) is 0 Å². The summed E-state index contributed by atoms with van der Waals surface area (Å²) in [5, 5.41) is 20.8. The Morgan fingerprint density at radius 3 is 2.49 bits per heavy atom. The Morgan fingerprint density at radius 1 is 1.03 bits per heavy atom. The Morgan fingerprint density at radius 2 is 1.78 bits per heavy atom. The molecular formula is C24H26F3N7O3. The number of para-hydroxylation sites is 1. The first-order chi connectivity index (χ1) is 17.8. The lowest BCUT2D eigenvalue weighted by Gasteiger charge is -2.29. The fraction of sp³-hybridized carbons (Fsp3) is 0.375. The van der Waals surface area contributed by atoms with Crippen molar-refractivity contribution >= 4 is 23.3 Å². The van der Waals surface area contributed by atoms with Crippen LogP contribution in [0.1, 0.15) is 31.2 Å². The lowest BCUT2D eigenvalue weighted by Crippen LogP contribution is -2.29. The number of pyridine rings is 1. The number of anilines is 3. The molecule has 196 valence electrons. The maximum absolute atomic E-state index is 12.7. The Kier molecular flexibility index (Phi) is 8.21. The molecule has 4 rings (SSSR count). The SMILES string of the molecule is O=[N+]([O-])c1cnc(NCc2ccccc2OC(F)(F)F)nc1NCC1CCC(Nc2ccccn2)CC1. The van der Waals surface area contributed by atoms with E-state index >= 15 is 0 Å². The van der Waals surface area contributed by atoms with Crippen molar-refractivity contribution in [1.29, 1.82) is 0 Å². The number of aromatic nitrogens is 3. The standard InChI is InChI=1S/C24H26F3N7O3/c25-24(26,27)37-20-6-2-1-5-17(20)14-30-23-31-15-19(34(35)36)22(33-23)29-13-16-8-10-18(11-9-16)32-21-7-3-4-12-28-21/h1-7,12,15-16,18H,8-11,13-14H2,(H,28,32)(H2,29,30,31,33). The van der Waals surface area contributed by atoms with E-state index in [9.17, 15) is 23.3 Å². The lowest BCUT2D eigenvalue weighted by molar-refractivity contribution is -0.384. The van der Waals surface area contributed by atoms with Gasteiger partial charge in [0.05, 0.1) is 4.92 Å². The molecule has 1 aromatic carbocycles. The van der Waals surface area contributed by atoms with Gasteiger partial charge in [-0.3, -0.25) is 10.1 Å². The van der Waals surface area contributed by atoms with Crippen molar-refractivity contribution in [1.82, 2.24) is 15.0 Å². The molecule has 1 aliphatic carbocycles. The Labute approximate surface area is 210 Å². The average molecular weight is 518 g/mol. The molecule has 1 aliphatic rings. The van der Waals surface area contributed by atoms with Gasteiger partial charge >= 0.3 is 12.0 Å². The van der Waals surface area contributed by atoms with Crippen LogP contribution in [0.5, 0.6) is 5.75 Å². The second kappa shape index (κ2) is 11.7. The summed E-state index contributed by atoms with van der Waals surface area (Å²) in [4.78, 5) is 23.4. The Balaban J connectivity index is 1.34. The van der Waals surface area contributed by atoms with Gasteiger partial charge in [-0.2, -0.15) is 4.98 Å². The predicted octanol–water partition coefficient (Wildman–Crippen LogP) is 5.37. The molecule has 1 fully saturated rings. The molecule has 10 nitrogen and oxygen atoms in total. The van der Waals surface area contributed by atoms with E-state index in [0.29, 0.717) is 18.5 Å². The van der Waals surface area contributed by atoms with Gasteiger partial charge < -0.3 is 20.7 Å². The maximum Gasteiger partial charge on any atom is 0.573 e. The van der Waals surface area contributed by atoms with Crippen molar-refractivity contribution in [2.24, 2.45) is 5.92 Å². The predicted molar refractivity (Wildman–Crippen MR) is 131 cm³/mol. The molecule has 0 radical (unpaired) electrons. The minimum absolute atomic E-state index is 0.0400. The molecule has 2 aromatic heterocycles. The quantitative estimate of drug-likeness (QED) is 0.240. The maximum atomic E-state index is 12.7. The van der Waals surface area contributed by atoms with Gasteiger partial charge in [0.25, 0.3) is 0 Å². The third-order valence-electron chi connectivity index (χ3n) is 6.02. The molecule has 0 bridgehead atoms. The van der Waals surface area contributed by atoms with Crippen LogP contribution in [-0.4, -0.2) is 38.8 Å². The number of hydrogen-bond donors (Lipinski definition) is 3. The molecule has 0 atom stereocenters. The zero-order valence-corrected chi connectivity index (χ0v) is 19.7. The Bertz CT molecular complexity index is 1190. The van der Waals surface area contributed by atoms with Gasteiger partial charge in [0, 0.05) is 30.9 Å². The van der Waals surface area contributed by atoms with E-state index in [1.165, 1.54) is 18.2 Å². The zero-order valence-electron chi connectivity index (χ0n) is 19.7. The van der Waals surface area contributed by atoms with Gasteiger partial charge in [0.1, 0.15) is 17.8 Å². The number of nitro groups is 1. The number of ether oxygens (including phenoxy) is 1. The molecule has 13 heteroatoms. The van der Waals surface area contributed by atoms with Crippen LogP contribution in [0.4, 0.5) is 36.4 Å². The van der Waals surface area contributed by atoms with Crippen LogP contribution >= 0.6 is 0 Å². The lowest BCUT2D eigenvalue weighted by atomic mass is 9.86. The number of nitrogens with zero attached hydrogens (tertiary/aromatic N) is 4. The minimum Gasteiger partial charge on any atom is -0.405 e. The van der Waals surface area contributed by atoms with Crippen molar-refractivity contribution in [2.75, 3.05) is 22.5 Å². The van der Waals surface area contributed by atoms with Crippen LogP contribution in [0.3, 0.4) is 0 Å². The summed E-state index contributed by atoms with van der Waals surface area (Å²) in [5.41, 5.74) is -0.0516. The molecular weight excluding hydrogens is 491 g/mol. The molecule has 0 amide bonds. The highest BCUT2D eigenvalue weighted by molar-refractivity contribution is 5.57. The van der Waals surface area contributed by atoms with Crippen molar-refractivity contribution in [3.8, 4) is 5.75 Å². The van der Waals surface area contributed by atoms with Gasteiger partial charge in [0.15, 0.2) is 0 Å². The second-order valence-electron chi connectivity index (χ2n) is 8.65. The highest BCUT2D eigenvalue weighted by Gasteiger charge is 2.32. The number of alkyl halides is 3. The van der Waals surface area contributed by atoms with Crippen LogP contribution in [0.25, 0.3) is 0 Å². The van der Waals surface area contributed by atoms with E-state index in [0.717, 1.165) is 37.7 Å². The van der Waals surface area contributed by atoms with Crippen molar-refractivity contribution in [2.45, 2.75) is 44.6 Å². The fourth-order valence-electron chi connectivity index (χ4n) is 4.18. The zero-order chi connectivity index (χ0) is 26.3. The van der Waals surface area contributed by atoms with Gasteiger partial charge in [-0.25, -0.2) is 9.97 Å². The van der Waals surface area contributed by atoms with Gasteiger partial charge in [-0.15, -0.1) is 13.2 Å².